The second-order valence-electron chi connectivity index (χ2n) is 24.2. The molecule has 0 saturated carbocycles. The molecule has 532 valence electrons. The van der Waals surface area contributed by atoms with Gasteiger partial charge in [-0.25, -0.2) is 29.6 Å². The van der Waals surface area contributed by atoms with Gasteiger partial charge in [0.2, 0.25) is 35.4 Å². The van der Waals surface area contributed by atoms with Crippen LogP contribution in [0.3, 0.4) is 0 Å². The second kappa shape index (κ2) is 31.3. The fraction of sp³-hybridized carbons (Fsp3) is 0.468. The number of fused-ring (bicyclic) bond motifs is 4. The first-order valence-corrected chi connectivity index (χ1v) is 30.3. The summed E-state index contributed by atoms with van der Waals surface area (Å²) in [5.74, 6) is -16.6. The van der Waals surface area contributed by atoms with Crippen molar-refractivity contribution in [3.63, 3.8) is 0 Å². The standard InChI is InChI=1S/C62H76N14O23/c1-30(77)99-42-17-19-66-76-50(42)56(88)64-25-44(82)72(7)27-46(84)74(9)51(61(2,3)93)59(91)97-28-37(69-53(85)47-40(79)22-31-20-33(95-10)12-14-35(31)67-47)57(89)75-49(39(78)16-18-65-75)55(87)63-24-43(81)71(6)26-45(83)73(8)52(62(4,5)94)60(92)98-29-38(58(76)90)70-54(86)48-41(80)23-32-21-34(96-11)13-15-36(32)68-48/h12-15,18-23,37-39,42,49-52,78-80,93-94H,16-17,24-29H2,1-11H3,(H,63,87)(H,64,88)(H,69,85)(H,70,86)/t37-,38-,39+,42+,49+,50?,51-,52-/m1/s1. The molecule has 1 unspecified atom stereocenters. The van der Waals surface area contributed by atoms with Gasteiger partial charge in [-0.2, -0.15) is 10.2 Å². The number of cyclic esters (lactones) is 2. The van der Waals surface area contributed by atoms with Gasteiger partial charge in [0.05, 0.1) is 68.7 Å². The van der Waals surface area contributed by atoms with Crippen molar-refractivity contribution in [1.29, 1.82) is 0 Å². The van der Waals surface area contributed by atoms with Crippen LogP contribution in [0.5, 0.6) is 23.0 Å². The molecule has 9 N–H and O–H groups in total. The number of aromatic nitrogens is 2. The molecule has 10 amide bonds. The molecule has 3 aliphatic heterocycles. The van der Waals surface area contributed by atoms with Crippen LogP contribution in [-0.2, 0) is 67.0 Å². The molecule has 99 heavy (non-hydrogen) atoms. The van der Waals surface area contributed by atoms with Crippen LogP contribution in [-0.4, -0.2) is 296 Å². The summed E-state index contributed by atoms with van der Waals surface area (Å²) in [6.45, 7) is -0.824. The van der Waals surface area contributed by atoms with E-state index in [9.17, 15) is 83.1 Å². The summed E-state index contributed by atoms with van der Waals surface area (Å²) < 4.78 is 27.0. The quantitative estimate of drug-likeness (QED) is 0.0570. The maximum absolute atomic E-state index is 15.0. The van der Waals surface area contributed by atoms with Crippen molar-refractivity contribution in [2.24, 2.45) is 10.2 Å². The summed E-state index contributed by atoms with van der Waals surface area (Å²) in [5, 5.41) is 75.0. The molecule has 0 bridgehead atoms. The Morgan fingerprint density at radius 1 is 0.586 bits per heavy atom. The summed E-state index contributed by atoms with van der Waals surface area (Å²) in [6, 6.07) is -1.18. The largest absolute Gasteiger partial charge is 0.505 e. The van der Waals surface area contributed by atoms with E-state index in [1.807, 2.05) is 0 Å². The summed E-state index contributed by atoms with van der Waals surface area (Å²) in [6.07, 6.45) is -2.04. The number of carbonyl (C=O) groups excluding carboxylic acids is 13. The number of rotatable bonds is 9. The molecular weight excluding hydrogens is 1310 g/mol. The number of nitrogens with one attached hydrogen (secondary N) is 4. The molecule has 2 aromatic carbocycles. The maximum Gasteiger partial charge on any atom is 0.331 e. The molecule has 1 saturated heterocycles. The van der Waals surface area contributed by atoms with Crippen molar-refractivity contribution >= 4 is 111 Å². The molecule has 5 heterocycles. The third kappa shape index (κ3) is 17.9. The van der Waals surface area contributed by atoms with E-state index in [4.69, 9.17) is 23.7 Å². The fourth-order valence-electron chi connectivity index (χ4n) is 10.7. The lowest BCUT2D eigenvalue weighted by atomic mass is 9.97. The van der Waals surface area contributed by atoms with Gasteiger partial charge in [-0.05, 0) is 76.2 Å². The van der Waals surface area contributed by atoms with E-state index in [0.29, 0.717) is 42.1 Å². The number of methoxy groups -OCH3 is 2. The molecule has 8 atom stereocenters. The number of esters is 3. The number of aliphatic hydroxyl groups is 3. The zero-order valence-electron chi connectivity index (χ0n) is 55.6. The summed E-state index contributed by atoms with van der Waals surface area (Å²) >= 11 is 0. The monoisotopic (exact) mass is 1380 g/mol. The van der Waals surface area contributed by atoms with Gasteiger partial charge in [0, 0.05) is 71.2 Å². The Hall–Kier alpha value is -11.2. The first-order valence-electron chi connectivity index (χ1n) is 30.3. The van der Waals surface area contributed by atoms with Crippen molar-refractivity contribution in [2.75, 3.05) is 81.8 Å². The van der Waals surface area contributed by atoms with Gasteiger partial charge in [0.15, 0.2) is 35.6 Å². The number of pyridine rings is 2. The van der Waals surface area contributed by atoms with Crippen LogP contribution in [0, 0.1) is 0 Å². The molecule has 37 nitrogen and oxygen atoms in total. The zero-order chi connectivity index (χ0) is 73.3. The average Bonchev–Trinajstić information content (AvgIpc) is 0.806. The molecule has 7 rings (SSSR count). The Balaban J connectivity index is 1.25. The number of nitrogens with zero attached hydrogens (tertiary/aromatic N) is 10. The van der Waals surface area contributed by atoms with E-state index in [1.165, 1.54) is 50.6 Å². The predicted octanol–water partition coefficient (Wildman–Crippen LogP) is -3.98. The van der Waals surface area contributed by atoms with Gasteiger partial charge in [-0.15, -0.1) is 0 Å². The number of aromatic hydroxyl groups is 2. The van der Waals surface area contributed by atoms with Crippen LogP contribution in [0.1, 0.15) is 68.4 Å². The van der Waals surface area contributed by atoms with Crippen molar-refractivity contribution in [2.45, 2.75) is 107 Å². The Labute approximate surface area is 563 Å². The second-order valence-corrected chi connectivity index (χ2v) is 24.2. The Bertz CT molecular complexity index is 3930. The van der Waals surface area contributed by atoms with Gasteiger partial charge >= 0.3 is 17.9 Å². The first-order chi connectivity index (χ1) is 46.4. The lowest BCUT2D eigenvalue weighted by Gasteiger charge is -2.37. The van der Waals surface area contributed by atoms with Crippen LogP contribution in [0.25, 0.3) is 21.8 Å². The molecule has 0 spiro atoms. The minimum atomic E-state index is -2.23. The molecule has 4 aromatic rings. The summed E-state index contributed by atoms with van der Waals surface area (Å²) in [4.78, 5) is 195. The van der Waals surface area contributed by atoms with Gasteiger partial charge in [0.25, 0.3) is 23.6 Å². The van der Waals surface area contributed by atoms with E-state index in [-0.39, 0.29) is 23.9 Å². The topological polar surface area (TPSA) is 487 Å². The highest BCUT2D eigenvalue weighted by molar-refractivity contribution is 6.04. The number of hydrogen-bond donors (Lipinski definition) is 9. The third-order valence-corrected chi connectivity index (χ3v) is 15.8. The number of aliphatic hydroxyl groups excluding tert-OH is 1. The average molecular weight is 1390 g/mol. The molecule has 2 aromatic heterocycles. The van der Waals surface area contributed by atoms with Gasteiger partial charge in [-0.1, -0.05) is 0 Å². The number of hydrazone groups is 2. The van der Waals surface area contributed by atoms with Crippen LogP contribution in [0.2, 0.25) is 0 Å². The smallest absolute Gasteiger partial charge is 0.331 e. The van der Waals surface area contributed by atoms with Crippen molar-refractivity contribution < 1.29 is 112 Å². The van der Waals surface area contributed by atoms with Gasteiger partial charge in [-0.3, -0.25) is 52.7 Å². The van der Waals surface area contributed by atoms with E-state index in [0.717, 1.165) is 97.2 Å². The van der Waals surface area contributed by atoms with E-state index in [1.54, 1.807) is 0 Å². The number of carbonyl (C=O) groups is 13. The summed E-state index contributed by atoms with van der Waals surface area (Å²) in [5.41, 5.74) is -5.52. The predicted molar refractivity (Wildman–Crippen MR) is 340 cm³/mol. The number of benzene rings is 2. The molecule has 37 heteroatoms. The molecule has 3 aliphatic rings. The van der Waals surface area contributed by atoms with Gasteiger partial charge < -0.3 is 90.1 Å². The number of likely N-dealkylation sites (N-methyl/N-ethyl adjacent to an activating group) is 4. The lowest BCUT2D eigenvalue weighted by Crippen LogP contribution is -2.62. The van der Waals surface area contributed by atoms with Crippen molar-refractivity contribution in [1.82, 2.24) is 60.9 Å². The van der Waals surface area contributed by atoms with Crippen molar-refractivity contribution in [3.8, 4) is 23.0 Å². The molecular formula is C62H76N14O23. The van der Waals surface area contributed by atoms with Crippen LogP contribution in [0.4, 0.5) is 0 Å². The number of ether oxygens (including phenoxy) is 5. The zero-order valence-corrected chi connectivity index (χ0v) is 55.6. The van der Waals surface area contributed by atoms with E-state index < -0.39 is 199 Å². The molecule has 0 radical (unpaired) electrons. The van der Waals surface area contributed by atoms with Crippen LogP contribution in [0.15, 0.2) is 58.7 Å². The highest BCUT2D eigenvalue weighted by atomic mass is 16.6. The first kappa shape index (κ1) is 75.2. The SMILES string of the molecule is COc1ccc2nc(C(=O)N[C@@H]3COC(=O)[C@H](C(C)(C)O)N(C)C(=O)CN(C)C(=O)CNC(=O)[C@@H]4[C@@H](O)CC=NN4C(=O)[C@H](NC(=O)c4nc5ccc(OC)cc5cc4O)COC(=O)[C@H](C(C)(C)O)N(C)C(=O)CN(C)C(=O)CNC(=O)C4[C@@H](OC(C)=O)CC=NN4C3=O)c(O)cc2c1. The highest BCUT2D eigenvalue weighted by Gasteiger charge is 2.48. The molecule has 0 aliphatic carbocycles. The minimum absolute atomic E-state index is 0.142. The molecule has 1 fully saturated rings. The number of hydrogen-bond acceptors (Lipinski definition) is 27. The Kier molecular flexibility index (Phi) is 23.8. The lowest BCUT2D eigenvalue weighted by molar-refractivity contribution is -0.167. The Morgan fingerprint density at radius 2 is 0.980 bits per heavy atom. The third-order valence-electron chi connectivity index (χ3n) is 15.8. The van der Waals surface area contributed by atoms with E-state index >= 15 is 4.79 Å². The fourth-order valence-corrected chi connectivity index (χ4v) is 10.7. The summed E-state index contributed by atoms with van der Waals surface area (Å²) in [7, 11) is 7.03. The maximum atomic E-state index is 15.0. The van der Waals surface area contributed by atoms with E-state index in [2.05, 4.69) is 41.4 Å². The number of amides is 10. The highest BCUT2D eigenvalue weighted by Crippen LogP contribution is 2.29. The van der Waals surface area contributed by atoms with Gasteiger partial charge in [0.1, 0.15) is 54.4 Å². The van der Waals surface area contributed by atoms with Crippen LogP contribution < -0.4 is 30.7 Å². The van der Waals surface area contributed by atoms with Crippen molar-refractivity contribution in [3.05, 3.63) is 59.9 Å². The normalized spacial score (nSPS) is 23.1. The van der Waals surface area contributed by atoms with Crippen LogP contribution >= 0.6 is 0 Å². The Morgan fingerprint density at radius 3 is 1.37 bits per heavy atom. The minimum Gasteiger partial charge on any atom is -0.505 e.